The fourth-order valence-electron chi connectivity index (χ4n) is 6.83. The van der Waals surface area contributed by atoms with E-state index in [-0.39, 0.29) is 36.7 Å². The molecule has 1 aromatic carbocycles. The van der Waals surface area contributed by atoms with Crippen LogP contribution < -0.4 is 21.3 Å². The lowest BCUT2D eigenvalue weighted by Gasteiger charge is -2.36. The number of carbonyl (C=O) groups is 7. The molecule has 0 heterocycles. The molecule has 3 saturated carbocycles. The van der Waals surface area contributed by atoms with E-state index in [4.69, 9.17) is 9.47 Å². The standard InChI is InChI=1S/C41H61N5O9/c1-25(2)24-54-40(53)45-33(28-13-9-7-10-14-28)38(51)46(6)31(22-27-19-20-27)36(49)43-30(21-26-17-18-26)35(48)37(50)42-23-32(47)44-34(29-15-11-8-12-16-29)39(52)55-41(3,4)5/h8,11-12,15-16,25-28,30-31,33-34H,7,9-10,13-14,17-24H2,1-6H3,(H,42,50)(H,43,49)(H,44,47)(H,45,53). The van der Waals surface area contributed by atoms with E-state index in [9.17, 15) is 33.6 Å². The van der Waals surface area contributed by atoms with Gasteiger partial charge in [-0.05, 0) is 75.7 Å². The number of rotatable bonds is 19. The summed E-state index contributed by atoms with van der Waals surface area (Å²) in [6.45, 7) is 8.57. The maximum Gasteiger partial charge on any atom is 0.407 e. The fourth-order valence-corrected chi connectivity index (χ4v) is 6.83. The summed E-state index contributed by atoms with van der Waals surface area (Å²) in [4.78, 5) is 95.3. The third-order valence-electron chi connectivity index (χ3n) is 10.2. The van der Waals surface area contributed by atoms with Crippen molar-refractivity contribution >= 4 is 41.5 Å². The van der Waals surface area contributed by atoms with Crippen molar-refractivity contribution in [2.75, 3.05) is 20.2 Å². The Hall–Kier alpha value is -4.49. The zero-order valence-electron chi connectivity index (χ0n) is 33.3. The Morgan fingerprint density at radius 1 is 0.818 bits per heavy atom. The minimum Gasteiger partial charge on any atom is -0.458 e. The molecule has 3 aliphatic carbocycles. The van der Waals surface area contributed by atoms with Crippen molar-refractivity contribution in [3.63, 3.8) is 0 Å². The van der Waals surface area contributed by atoms with Gasteiger partial charge in [-0.1, -0.05) is 89.1 Å². The summed E-state index contributed by atoms with van der Waals surface area (Å²) >= 11 is 0. The van der Waals surface area contributed by atoms with Crippen LogP contribution in [-0.4, -0.2) is 90.3 Å². The van der Waals surface area contributed by atoms with E-state index < -0.39 is 77.8 Å². The van der Waals surface area contributed by atoms with Gasteiger partial charge in [0.1, 0.15) is 17.7 Å². The number of ketones is 1. The summed E-state index contributed by atoms with van der Waals surface area (Å²) in [5.41, 5.74) is -0.332. The molecule has 0 aromatic heterocycles. The summed E-state index contributed by atoms with van der Waals surface area (Å²) in [5.74, 6) is -3.95. The average molecular weight is 768 g/mol. The Morgan fingerprint density at radius 3 is 2.02 bits per heavy atom. The maximum atomic E-state index is 14.2. The molecular weight excluding hydrogens is 706 g/mol. The van der Waals surface area contributed by atoms with Crippen molar-refractivity contribution in [3.8, 4) is 0 Å². The van der Waals surface area contributed by atoms with Crippen LogP contribution >= 0.6 is 0 Å². The number of nitrogens with one attached hydrogen (secondary N) is 4. The van der Waals surface area contributed by atoms with Gasteiger partial charge in [0.15, 0.2) is 6.04 Å². The third kappa shape index (κ3) is 14.3. The Kier molecular flexibility index (Phi) is 15.6. The van der Waals surface area contributed by atoms with Crippen LogP contribution in [0.25, 0.3) is 0 Å². The second-order valence-corrected chi connectivity index (χ2v) is 16.9. The Morgan fingerprint density at radius 2 is 1.44 bits per heavy atom. The molecule has 5 amide bonds. The van der Waals surface area contributed by atoms with Crippen LogP contribution in [0.3, 0.4) is 0 Å². The second-order valence-electron chi connectivity index (χ2n) is 16.9. The van der Waals surface area contributed by atoms with Gasteiger partial charge in [-0.2, -0.15) is 0 Å². The molecule has 14 heteroatoms. The van der Waals surface area contributed by atoms with Gasteiger partial charge in [0.25, 0.3) is 5.91 Å². The molecule has 4 atom stereocenters. The molecule has 0 radical (unpaired) electrons. The summed E-state index contributed by atoms with van der Waals surface area (Å²) < 4.78 is 10.9. The molecule has 0 spiro atoms. The van der Waals surface area contributed by atoms with E-state index >= 15 is 0 Å². The number of amides is 5. The molecule has 0 saturated heterocycles. The van der Waals surface area contributed by atoms with Crippen LogP contribution in [0.4, 0.5) is 4.79 Å². The Balaban J connectivity index is 1.43. The lowest BCUT2D eigenvalue weighted by atomic mass is 9.83. The molecule has 14 nitrogen and oxygen atoms in total. The van der Waals surface area contributed by atoms with Crippen molar-refractivity contribution in [1.82, 2.24) is 26.2 Å². The monoisotopic (exact) mass is 767 g/mol. The van der Waals surface area contributed by atoms with E-state index in [0.717, 1.165) is 57.8 Å². The van der Waals surface area contributed by atoms with Crippen molar-refractivity contribution in [2.24, 2.45) is 23.7 Å². The first-order valence-electron chi connectivity index (χ1n) is 19.9. The minimum absolute atomic E-state index is 0.114. The van der Waals surface area contributed by atoms with Crippen LogP contribution in [0.15, 0.2) is 30.3 Å². The summed E-state index contributed by atoms with van der Waals surface area (Å²) in [6.07, 6.45) is 7.87. The molecule has 3 fully saturated rings. The molecular formula is C41H61N5O9. The number of ether oxygens (including phenoxy) is 2. The number of hydrogen-bond donors (Lipinski definition) is 4. The molecule has 55 heavy (non-hydrogen) atoms. The predicted molar refractivity (Wildman–Crippen MR) is 204 cm³/mol. The quantitative estimate of drug-likeness (QED) is 0.119. The summed E-state index contributed by atoms with van der Waals surface area (Å²) in [6, 6.07) is 4.39. The van der Waals surface area contributed by atoms with Gasteiger partial charge >= 0.3 is 12.1 Å². The SMILES string of the molecule is CC(C)COC(=O)NC(C(=O)N(C)C(CC1CC1)C(=O)NC(CC1CC1)C(=O)C(=O)NCC(=O)NC(C(=O)OC(C)(C)C)c1ccccc1)C1CCCCC1. The zero-order chi connectivity index (χ0) is 40.3. The highest BCUT2D eigenvalue weighted by Crippen LogP contribution is 2.36. The first-order chi connectivity index (χ1) is 26.0. The van der Waals surface area contributed by atoms with Crippen LogP contribution in [0.1, 0.15) is 117 Å². The number of hydrogen-bond acceptors (Lipinski definition) is 9. The van der Waals surface area contributed by atoms with Crippen molar-refractivity contribution in [3.05, 3.63) is 35.9 Å². The Bertz CT molecular complexity index is 1510. The number of nitrogens with zero attached hydrogens (tertiary/aromatic N) is 1. The minimum atomic E-state index is -1.18. The van der Waals surface area contributed by atoms with Gasteiger partial charge < -0.3 is 35.6 Å². The fraction of sp³-hybridized carbons (Fsp3) is 0.683. The predicted octanol–water partition coefficient (Wildman–Crippen LogP) is 4.11. The highest BCUT2D eigenvalue weighted by Gasteiger charge is 2.41. The van der Waals surface area contributed by atoms with Crippen molar-refractivity contribution in [1.29, 1.82) is 0 Å². The van der Waals surface area contributed by atoms with Crippen LogP contribution in [0, 0.1) is 23.7 Å². The third-order valence-corrected chi connectivity index (χ3v) is 10.2. The molecule has 304 valence electrons. The van der Waals surface area contributed by atoms with Gasteiger partial charge in [-0.3, -0.25) is 24.0 Å². The molecule has 4 N–H and O–H groups in total. The van der Waals surface area contributed by atoms with Gasteiger partial charge in [0, 0.05) is 7.05 Å². The topological polar surface area (TPSA) is 189 Å². The van der Waals surface area contributed by atoms with E-state index in [1.807, 2.05) is 13.8 Å². The van der Waals surface area contributed by atoms with E-state index in [2.05, 4.69) is 21.3 Å². The molecule has 3 aliphatic rings. The van der Waals surface area contributed by atoms with Gasteiger partial charge in [0.05, 0.1) is 19.2 Å². The highest BCUT2D eigenvalue weighted by atomic mass is 16.6. The Labute approximate surface area is 325 Å². The second kappa shape index (κ2) is 19.9. The number of benzene rings is 1. The lowest BCUT2D eigenvalue weighted by molar-refractivity contribution is -0.158. The molecule has 4 rings (SSSR count). The average Bonchev–Trinajstić information content (AvgIpc) is 4.09. The maximum absolute atomic E-state index is 14.2. The number of alkyl carbamates (subject to hydrolysis) is 1. The molecule has 0 bridgehead atoms. The summed E-state index contributed by atoms with van der Waals surface area (Å²) in [5, 5.41) is 10.5. The number of carbonyl (C=O) groups excluding carboxylic acids is 7. The van der Waals surface area contributed by atoms with Crippen LogP contribution in [-0.2, 0) is 38.2 Å². The van der Waals surface area contributed by atoms with Gasteiger partial charge in [0.2, 0.25) is 23.5 Å². The highest BCUT2D eigenvalue weighted by molar-refractivity contribution is 6.38. The smallest absolute Gasteiger partial charge is 0.407 e. The van der Waals surface area contributed by atoms with Crippen LogP contribution in [0.5, 0.6) is 0 Å². The number of Topliss-reactive ketones (excluding diaryl/α,β-unsaturated/α-hetero) is 1. The van der Waals surface area contributed by atoms with Crippen molar-refractivity contribution in [2.45, 2.75) is 135 Å². The molecule has 1 aromatic rings. The van der Waals surface area contributed by atoms with Gasteiger partial charge in [-0.15, -0.1) is 0 Å². The lowest BCUT2D eigenvalue weighted by Crippen LogP contribution is -2.59. The first kappa shape index (κ1) is 43.2. The van der Waals surface area contributed by atoms with Gasteiger partial charge in [-0.25, -0.2) is 9.59 Å². The first-order valence-corrected chi connectivity index (χ1v) is 19.9. The largest absolute Gasteiger partial charge is 0.458 e. The van der Waals surface area contributed by atoms with E-state index in [0.29, 0.717) is 12.0 Å². The van der Waals surface area contributed by atoms with Crippen molar-refractivity contribution < 1.29 is 43.0 Å². The van der Waals surface area contributed by atoms with E-state index in [1.165, 1.54) is 4.90 Å². The molecule has 4 unspecified atom stereocenters. The zero-order valence-corrected chi connectivity index (χ0v) is 33.3. The molecule has 0 aliphatic heterocycles. The normalized spacial score (nSPS) is 18.2. The number of esters is 1. The van der Waals surface area contributed by atoms with Crippen LogP contribution in [0.2, 0.25) is 0 Å². The summed E-state index contributed by atoms with van der Waals surface area (Å²) in [7, 11) is 1.55. The van der Waals surface area contributed by atoms with E-state index in [1.54, 1.807) is 58.2 Å². The number of likely N-dealkylation sites (N-methyl/N-ethyl adjacent to an activating group) is 1.